The normalized spacial score (nSPS) is 33.6. The van der Waals surface area contributed by atoms with Gasteiger partial charge >= 0.3 is 18.1 Å². The molecule has 0 unspecified atom stereocenters. The lowest BCUT2D eigenvalue weighted by molar-refractivity contribution is -0.188. The number of hydrogen-bond donors (Lipinski definition) is 2. The standard InChI is InChI=1S/C13H16F3NO5/c1-12(2)7(8(12)11(21)22)9(18)17-3-5(10(19)20)6(4-17)13(14,15)16/h5-8H,3-4H2,1-2H3,(H,19,20)(H,21,22)/t5-,6-,7-,8+/m1/s1. The maximum atomic E-state index is 12.9. The van der Waals surface area contributed by atoms with Crippen LogP contribution in [0.2, 0.25) is 0 Å². The van der Waals surface area contributed by atoms with Crippen molar-refractivity contribution in [3.05, 3.63) is 0 Å². The lowest BCUT2D eigenvalue weighted by Crippen LogP contribution is -2.34. The molecule has 0 radical (unpaired) electrons. The molecule has 0 aromatic heterocycles. The summed E-state index contributed by atoms with van der Waals surface area (Å²) in [5, 5.41) is 17.9. The van der Waals surface area contributed by atoms with Gasteiger partial charge in [-0.05, 0) is 5.41 Å². The Labute approximate surface area is 123 Å². The molecule has 0 aromatic rings. The number of alkyl halides is 3. The molecule has 0 aromatic carbocycles. The molecule has 1 aliphatic heterocycles. The number of rotatable bonds is 3. The number of carbonyl (C=O) groups excluding carboxylic acids is 1. The summed E-state index contributed by atoms with van der Waals surface area (Å²) in [6.07, 6.45) is -4.72. The molecular weight excluding hydrogens is 307 g/mol. The monoisotopic (exact) mass is 323 g/mol. The summed E-state index contributed by atoms with van der Waals surface area (Å²) < 4.78 is 38.7. The second-order valence-electron chi connectivity index (χ2n) is 6.45. The zero-order chi connectivity index (χ0) is 17.0. The first kappa shape index (κ1) is 16.6. The Balaban J connectivity index is 2.17. The predicted molar refractivity (Wildman–Crippen MR) is 65.6 cm³/mol. The molecule has 6 nitrogen and oxygen atoms in total. The second-order valence-corrected chi connectivity index (χ2v) is 6.45. The molecular formula is C13H16F3NO5. The van der Waals surface area contributed by atoms with E-state index >= 15 is 0 Å². The van der Waals surface area contributed by atoms with E-state index in [2.05, 4.69) is 0 Å². The van der Waals surface area contributed by atoms with Crippen molar-refractivity contribution in [3.63, 3.8) is 0 Å². The smallest absolute Gasteiger partial charge is 0.394 e. The molecule has 9 heteroatoms. The highest BCUT2D eigenvalue weighted by Crippen LogP contribution is 2.59. The van der Waals surface area contributed by atoms with Crippen LogP contribution in [0.3, 0.4) is 0 Å². The molecule has 0 bridgehead atoms. The van der Waals surface area contributed by atoms with E-state index < -0.39 is 66.2 Å². The summed E-state index contributed by atoms with van der Waals surface area (Å²) in [6.45, 7) is 1.83. The van der Waals surface area contributed by atoms with E-state index in [9.17, 15) is 27.6 Å². The molecule has 2 rings (SSSR count). The third kappa shape index (κ3) is 2.52. The number of halogens is 3. The summed E-state index contributed by atoms with van der Waals surface area (Å²) in [5.41, 5.74) is -0.835. The SMILES string of the molecule is CC1(C)[C@H](C(=O)O)[C@@H]1C(=O)N1C[C@@H](C(F)(F)F)[C@H](C(=O)O)C1. The van der Waals surface area contributed by atoms with Crippen molar-refractivity contribution in [3.8, 4) is 0 Å². The number of carboxylic acids is 2. The zero-order valence-electron chi connectivity index (χ0n) is 11.9. The maximum absolute atomic E-state index is 12.9. The third-order valence-corrected chi connectivity index (χ3v) is 4.73. The minimum Gasteiger partial charge on any atom is -0.481 e. The van der Waals surface area contributed by atoms with Crippen LogP contribution in [0.25, 0.3) is 0 Å². The van der Waals surface area contributed by atoms with Crippen LogP contribution < -0.4 is 0 Å². The highest BCUT2D eigenvalue weighted by Gasteiger charge is 2.67. The molecule has 22 heavy (non-hydrogen) atoms. The van der Waals surface area contributed by atoms with E-state index in [-0.39, 0.29) is 0 Å². The number of amides is 1. The van der Waals surface area contributed by atoms with Crippen molar-refractivity contribution in [2.45, 2.75) is 20.0 Å². The van der Waals surface area contributed by atoms with Crippen LogP contribution in [0.4, 0.5) is 13.2 Å². The topological polar surface area (TPSA) is 94.9 Å². The predicted octanol–water partition coefficient (Wildman–Crippen LogP) is 1.06. The van der Waals surface area contributed by atoms with Gasteiger partial charge in [0.1, 0.15) is 0 Å². The van der Waals surface area contributed by atoms with Gasteiger partial charge in [0.25, 0.3) is 0 Å². The molecule has 4 atom stereocenters. The van der Waals surface area contributed by atoms with Gasteiger partial charge in [-0.2, -0.15) is 13.2 Å². The van der Waals surface area contributed by atoms with Gasteiger partial charge < -0.3 is 15.1 Å². The Morgan fingerprint density at radius 1 is 1.05 bits per heavy atom. The van der Waals surface area contributed by atoms with Crippen LogP contribution in [0.5, 0.6) is 0 Å². The van der Waals surface area contributed by atoms with Gasteiger partial charge in [0.15, 0.2) is 0 Å². The lowest BCUT2D eigenvalue weighted by atomic mass is 9.96. The summed E-state index contributed by atoms with van der Waals surface area (Å²) >= 11 is 0. The highest BCUT2D eigenvalue weighted by atomic mass is 19.4. The van der Waals surface area contributed by atoms with Crippen LogP contribution in [0, 0.1) is 29.1 Å². The van der Waals surface area contributed by atoms with Crippen molar-refractivity contribution >= 4 is 17.8 Å². The average Bonchev–Trinajstić information content (AvgIpc) is 2.72. The number of aliphatic carboxylic acids is 2. The van der Waals surface area contributed by atoms with Gasteiger partial charge in [0.05, 0.1) is 23.7 Å². The maximum Gasteiger partial charge on any atom is 0.394 e. The van der Waals surface area contributed by atoms with Crippen molar-refractivity contribution in [2.75, 3.05) is 13.1 Å². The fourth-order valence-corrected chi connectivity index (χ4v) is 3.32. The minimum atomic E-state index is -4.72. The van der Waals surface area contributed by atoms with Gasteiger partial charge in [0.2, 0.25) is 5.91 Å². The molecule has 1 saturated carbocycles. The number of likely N-dealkylation sites (tertiary alicyclic amines) is 1. The average molecular weight is 323 g/mol. The van der Waals surface area contributed by atoms with E-state index in [0.717, 1.165) is 4.90 Å². The first-order valence-corrected chi connectivity index (χ1v) is 6.70. The van der Waals surface area contributed by atoms with Gasteiger partial charge in [-0.15, -0.1) is 0 Å². The first-order valence-electron chi connectivity index (χ1n) is 6.70. The Hall–Kier alpha value is -1.80. The summed E-state index contributed by atoms with van der Waals surface area (Å²) in [4.78, 5) is 35.2. The van der Waals surface area contributed by atoms with E-state index in [1.54, 1.807) is 13.8 Å². The Bertz CT molecular complexity index is 530. The molecule has 1 saturated heterocycles. The molecule has 1 amide bonds. The van der Waals surface area contributed by atoms with Gasteiger partial charge in [-0.25, -0.2) is 0 Å². The number of carboxylic acid groups (broad SMARTS) is 2. The Morgan fingerprint density at radius 2 is 1.59 bits per heavy atom. The van der Waals surface area contributed by atoms with E-state index in [0.29, 0.717) is 0 Å². The quantitative estimate of drug-likeness (QED) is 0.810. The minimum absolute atomic E-state index is 0.544. The van der Waals surface area contributed by atoms with Crippen molar-refractivity contribution < 1.29 is 37.8 Å². The van der Waals surface area contributed by atoms with E-state index in [1.807, 2.05) is 0 Å². The fraction of sp³-hybridized carbons (Fsp3) is 0.769. The lowest BCUT2D eigenvalue weighted by Gasteiger charge is -2.18. The van der Waals surface area contributed by atoms with Gasteiger partial charge in [0, 0.05) is 13.1 Å². The van der Waals surface area contributed by atoms with Crippen LogP contribution in [-0.4, -0.2) is 52.2 Å². The van der Waals surface area contributed by atoms with Crippen molar-refractivity contribution in [1.82, 2.24) is 4.90 Å². The molecule has 2 aliphatic rings. The largest absolute Gasteiger partial charge is 0.481 e. The fourth-order valence-electron chi connectivity index (χ4n) is 3.32. The van der Waals surface area contributed by atoms with Crippen LogP contribution >= 0.6 is 0 Å². The molecule has 0 spiro atoms. The van der Waals surface area contributed by atoms with E-state index in [1.165, 1.54) is 0 Å². The summed E-state index contributed by atoms with van der Waals surface area (Å²) in [7, 11) is 0. The van der Waals surface area contributed by atoms with Crippen LogP contribution in [0.1, 0.15) is 13.8 Å². The molecule has 2 fully saturated rings. The second kappa shape index (κ2) is 4.85. The van der Waals surface area contributed by atoms with Crippen molar-refractivity contribution in [1.29, 1.82) is 0 Å². The molecule has 2 N–H and O–H groups in total. The number of carbonyl (C=O) groups is 3. The molecule has 124 valence electrons. The zero-order valence-corrected chi connectivity index (χ0v) is 11.9. The van der Waals surface area contributed by atoms with Crippen molar-refractivity contribution in [2.24, 2.45) is 29.1 Å². The molecule has 1 heterocycles. The summed E-state index contributed by atoms with van der Waals surface area (Å²) in [6, 6.07) is 0. The van der Waals surface area contributed by atoms with Gasteiger partial charge in [-0.3, -0.25) is 14.4 Å². The molecule has 1 aliphatic carbocycles. The highest BCUT2D eigenvalue weighted by molar-refractivity contribution is 5.92. The third-order valence-electron chi connectivity index (χ3n) is 4.73. The Morgan fingerprint density at radius 3 is 1.91 bits per heavy atom. The number of hydrogen-bond acceptors (Lipinski definition) is 3. The van der Waals surface area contributed by atoms with Crippen LogP contribution in [-0.2, 0) is 14.4 Å². The van der Waals surface area contributed by atoms with E-state index in [4.69, 9.17) is 10.2 Å². The Kier molecular flexibility index (Phi) is 3.65. The first-order chi connectivity index (χ1) is 9.89. The number of nitrogens with zero attached hydrogens (tertiary/aromatic N) is 1. The van der Waals surface area contributed by atoms with Gasteiger partial charge in [-0.1, -0.05) is 13.8 Å². The van der Waals surface area contributed by atoms with Crippen LogP contribution in [0.15, 0.2) is 0 Å². The summed E-state index contributed by atoms with van der Waals surface area (Å²) in [5.74, 6) is -9.20.